The average Bonchev–Trinajstić information content (AvgIpc) is 3.96. The molecule has 71 heavy (non-hydrogen) atoms. The molecule has 0 unspecified atom stereocenters. The van der Waals surface area contributed by atoms with Crippen molar-refractivity contribution in [2.75, 3.05) is 80.3 Å². The molecular formula is C51H62BrN11O8. The molecular weight excluding hydrogens is 975 g/mol. The zero-order valence-corrected chi connectivity index (χ0v) is 41.9. The largest absolute Gasteiger partial charge is 0.415 e. The third kappa shape index (κ3) is 12.8. The van der Waals surface area contributed by atoms with Gasteiger partial charge in [0.25, 0.3) is 11.8 Å². The Balaban J connectivity index is 1.01. The molecule has 1 saturated heterocycles. The molecule has 0 spiro atoms. The molecule has 3 heterocycles. The van der Waals surface area contributed by atoms with Gasteiger partial charge in [-0.1, -0.05) is 61.0 Å². The van der Waals surface area contributed by atoms with Gasteiger partial charge in [-0.15, -0.1) is 0 Å². The van der Waals surface area contributed by atoms with Crippen LogP contribution in [0.2, 0.25) is 0 Å². The van der Waals surface area contributed by atoms with Crippen molar-refractivity contribution < 1.29 is 38.3 Å². The standard InChI is InChI=1S/C51H62BrN11O8/c1-5-18-54-43(64)28-56-45(30(2)3)48(67)60-39(11-8-19-55-50(53)69)47(66)57-34-14-12-31(13-15-34)46(65)58-35-16-17-38-32(24-35)25-40(59-38)49(68)63-29-33(27-52)44-37-10-7-6-9-36(37)42(26-41(44)63)71-51(70)62-22-20-61(4)21-23-62/h6-7,9-10,12-17,24-26,30,33,39,45,56,59H,5,8,11,18-23,27-29H2,1-4H3,(H,54,64)(H,57,66)(H,58,65)(H,60,67)(H3,53,55,69)/t33-,39+,45+/m1/s1. The van der Waals surface area contributed by atoms with Crippen molar-refractivity contribution in [3.8, 4) is 5.75 Å². The summed E-state index contributed by atoms with van der Waals surface area (Å²) < 4.78 is 6.07. The van der Waals surface area contributed by atoms with Gasteiger partial charge in [0, 0.05) is 96.4 Å². The molecule has 0 aliphatic carbocycles. The van der Waals surface area contributed by atoms with E-state index in [1.807, 2.05) is 52.1 Å². The lowest BCUT2D eigenvalue weighted by Gasteiger charge is -2.31. The Hall–Kier alpha value is -7.03. The van der Waals surface area contributed by atoms with E-state index in [2.05, 4.69) is 57.7 Å². The molecule has 0 bridgehead atoms. The molecule has 7 rings (SSSR count). The van der Waals surface area contributed by atoms with Crippen LogP contribution in [0.25, 0.3) is 21.7 Å². The van der Waals surface area contributed by atoms with Crippen LogP contribution in [0.1, 0.15) is 72.4 Å². The van der Waals surface area contributed by atoms with E-state index in [1.54, 1.807) is 64.4 Å². The molecule has 376 valence electrons. The Kier molecular flexibility index (Phi) is 17.3. The van der Waals surface area contributed by atoms with Crippen molar-refractivity contribution in [1.82, 2.24) is 36.1 Å². The number of primary amides is 1. The molecule has 8 amide bonds. The summed E-state index contributed by atoms with van der Waals surface area (Å²) in [6.45, 7) is 9.24. The highest BCUT2D eigenvalue weighted by molar-refractivity contribution is 9.09. The fourth-order valence-corrected chi connectivity index (χ4v) is 9.31. The molecule has 3 atom stereocenters. The minimum Gasteiger partial charge on any atom is -0.409 e. The Labute approximate surface area is 420 Å². The van der Waals surface area contributed by atoms with E-state index in [9.17, 15) is 33.6 Å². The number of aromatic amines is 1. The molecule has 20 heteroatoms. The van der Waals surface area contributed by atoms with Gasteiger partial charge in [0.15, 0.2) is 0 Å². The number of halogens is 1. The van der Waals surface area contributed by atoms with Crippen molar-refractivity contribution in [3.63, 3.8) is 0 Å². The lowest BCUT2D eigenvalue weighted by atomic mass is 9.95. The second-order valence-corrected chi connectivity index (χ2v) is 18.9. The number of fused-ring (bicyclic) bond motifs is 4. The van der Waals surface area contributed by atoms with Crippen LogP contribution in [0.5, 0.6) is 5.75 Å². The number of H-pyrrole nitrogens is 1. The molecule has 9 N–H and O–H groups in total. The third-order valence-corrected chi connectivity index (χ3v) is 13.4. The fourth-order valence-electron chi connectivity index (χ4n) is 8.78. The molecule has 2 aliphatic heterocycles. The van der Waals surface area contributed by atoms with Crippen LogP contribution in [0.4, 0.5) is 26.7 Å². The molecule has 1 fully saturated rings. The topological polar surface area (TPSA) is 252 Å². The number of ether oxygens (including phenoxy) is 1. The van der Waals surface area contributed by atoms with Crippen molar-refractivity contribution >= 4 is 96.3 Å². The number of hydrogen-bond donors (Lipinski definition) is 8. The van der Waals surface area contributed by atoms with Crippen LogP contribution >= 0.6 is 15.9 Å². The summed E-state index contributed by atoms with van der Waals surface area (Å²) in [6, 6.07) is 20.4. The number of benzene rings is 4. The van der Waals surface area contributed by atoms with Crippen molar-refractivity contribution in [3.05, 3.63) is 95.7 Å². The number of nitrogens with one attached hydrogen (secondary N) is 7. The van der Waals surface area contributed by atoms with Crippen LogP contribution in [0.3, 0.4) is 0 Å². The number of carbonyl (C=O) groups excluding carboxylic acids is 7. The first kappa shape index (κ1) is 51.8. The number of alkyl halides is 1. The Morgan fingerprint density at radius 1 is 0.845 bits per heavy atom. The quantitative estimate of drug-likeness (QED) is 0.0383. The van der Waals surface area contributed by atoms with E-state index in [4.69, 9.17) is 10.5 Å². The zero-order valence-electron chi connectivity index (χ0n) is 40.4. The van der Waals surface area contributed by atoms with Gasteiger partial charge < -0.3 is 56.7 Å². The molecule has 1 aromatic heterocycles. The zero-order chi connectivity index (χ0) is 50.8. The lowest BCUT2D eigenvalue weighted by Crippen LogP contribution is -2.54. The summed E-state index contributed by atoms with van der Waals surface area (Å²) in [5.41, 5.74) is 9.08. The second-order valence-electron chi connectivity index (χ2n) is 18.2. The van der Waals surface area contributed by atoms with E-state index < -0.39 is 41.9 Å². The van der Waals surface area contributed by atoms with Crippen LogP contribution in [0, 0.1) is 5.92 Å². The van der Waals surface area contributed by atoms with Gasteiger partial charge in [0.05, 0.1) is 18.3 Å². The highest BCUT2D eigenvalue weighted by Gasteiger charge is 2.36. The van der Waals surface area contributed by atoms with Crippen LogP contribution in [-0.2, 0) is 14.4 Å². The van der Waals surface area contributed by atoms with Gasteiger partial charge in [-0.2, -0.15) is 0 Å². The predicted molar refractivity (Wildman–Crippen MR) is 277 cm³/mol. The maximum Gasteiger partial charge on any atom is 0.415 e. The summed E-state index contributed by atoms with van der Waals surface area (Å²) in [6.07, 6.45) is 0.836. The number of hydrogen-bond acceptors (Lipinski definition) is 10. The monoisotopic (exact) mass is 1040 g/mol. The van der Waals surface area contributed by atoms with E-state index >= 15 is 0 Å². The van der Waals surface area contributed by atoms with Gasteiger partial charge in [0.1, 0.15) is 17.5 Å². The number of anilines is 3. The second kappa shape index (κ2) is 23.7. The third-order valence-electron chi connectivity index (χ3n) is 12.6. The number of aromatic nitrogens is 1. The van der Waals surface area contributed by atoms with E-state index in [1.165, 1.54) is 0 Å². The van der Waals surface area contributed by atoms with Crippen LogP contribution < -0.4 is 47.3 Å². The number of likely N-dealkylation sites (N-methyl/N-ethyl adjacent to an activating group) is 1. The predicted octanol–water partition coefficient (Wildman–Crippen LogP) is 5.47. The van der Waals surface area contributed by atoms with Gasteiger partial charge in [0.2, 0.25) is 17.7 Å². The van der Waals surface area contributed by atoms with Crippen molar-refractivity contribution in [1.29, 1.82) is 0 Å². The SMILES string of the molecule is CCCNC(=O)CN[C@H](C(=O)N[C@@H](CCCNC(N)=O)C(=O)Nc1ccc(C(=O)Nc2ccc3[nH]c(C(=O)N4C[C@@H](CBr)c5c4cc(OC(=O)N4CCN(C)CC4)c4ccccc54)cc3c2)cc1)C(C)C. The number of nitrogens with two attached hydrogens (primary N) is 1. The molecule has 2 aliphatic rings. The Bertz CT molecular complexity index is 2770. The maximum atomic E-state index is 14.4. The minimum atomic E-state index is -1.01. The number of urea groups is 1. The van der Waals surface area contributed by atoms with Crippen molar-refractivity contribution in [2.24, 2.45) is 11.7 Å². The number of rotatable bonds is 19. The minimum absolute atomic E-state index is 0.0195. The highest BCUT2D eigenvalue weighted by Crippen LogP contribution is 2.46. The number of carbonyl (C=O) groups is 7. The first-order chi connectivity index (χ1) is 34.1. The Morgan fingerprint density at radius 3 is 2.25 bits per heavy atom. The molecule has 4 aromatic carbocycles. The number of nitrogens with zero attached hydrogens (tertiary/aromatic N) is 3. The van der Waals surface area contributed by atoms with Crippen molar-refractivity contribution in [2.45, 2.75) is 58.0 Å². The highest BCUT2D eigenvalue weighted by atomic mass is 79.9. The maximum absolute atomic E-state index is 14.4. The fraction of sp³-hybridized carbons (Fsp3) is 0.392. The summed E-state index contributed by atoms with van der Waals surface area (Å²) in [5, 5.41) is 19.8. The van der Waals surface area contributed by atoms with E-state index in [0.717, 1.165) is 35.8 Å². The first-order valence-electron chi connectivity index (χ1n) is 23.9. The first-order valence-corrected chi connectivity index (χ1v) is 25.0. The van der Waals surface area contributed by atoms with Crippen LogP contribution in [0.15, 0.2) is 78.9 Å². The Morgan fingerprint density at radius 2 is 1.56 bits per heavy atom. The van der Waals surface area contributed by atoms with Gasteiger partial charge >= 0.3 is 12.1 Å². The molecule has 5 aromatic rings. The van der Waals surface area contributed by atoms with Crippen LogP contribution in [-0.4, -0.2) is 133 Å². The number of amides is 8. The van der Waals surface area contributed by atoms with Gasteiger partial charge in [-0.05, 0) is 91.7 Å². The molecule has 0 saturated carbocycles. The van der Waals surface area contributed by atoms with Gasteiger partial charge in [-0.25, -0.2) is 9.59 Å². The normalized spacial score (nSPS) is 15.5. The summed E-state index contributed by atoms with van der Waals surface area (Å²) in [4.78, 5) is 101. The smallest absolute Gasteiger partial charge is 0.409 e. The molecule has 0 radical (unpaired) electrons. The summed E-state index contributed by atoms with van der Waals surface area (Å²) in [5.74, 6) is -1.75. The van der Waals surface area contributed by atoms with E-state index in [0.29, 0.717) is 82.9 Å². The van der Waals surface area contributed by atoms with E-state index in [-0.39, 0.29) is 43.2 Å². The number of piperazine rings is 1. The summed E-state index contributed by atoms with van der Waals surface area (Å²) in [7, 11) is 2.02. The summed E-state index contributed by atoms with van der Waals surface area (Å²) >= 11 is 3.68. The average molecular weight is 1040 g/mol. The lowest BCUT2D eigenvalue weighted by molar-refractivity contribution is -0.129. The molecule has 19 nitrogen and oxygen atoms in total. The van der Waals surface area contributed by atoms with Gasteiger partial charge in [-0.3, -0.25) is 29.3 Å².